The molecule has 0 aliphatic heterocycles. The zero-order valence-corrected chi connectivity index (χ0v) is 10.9. The summed E-state index contributed by atoms with van der Waals surface area (Å²) < 4.78 is 1.92. The van der Waals surface area contributed by atoms with Gasteiger partial charge in [0.25, 0.3) is 0 Å². The summed E-state index contributed by atoms with van der Waals surface area (Å²) in [5.74, 6) is 0. The van der Waals surface area contributed by atoms with Gasteiger partial charge in [-0.25, -0.2) is 0 Å². The minimum absolute atomic E-state index is 0.550. The van der Waals surface area contributed by atoms with Gasteiger partial charge in [-0.15, -0.1) is 0 Å². The average Bonchev–Trinajstić information content (AvgIpc) is 2.89. The number of rotatable bonds is 5. The third-order valence-corrected chi connectivity index (χ3v) is 4.01. The van der Waals surface area contributed by atoms with Crippen LogP contribution in [-0.2, 0) is 20.0 Å². The predicted molar refractivity (Wildman–Crippen MR) is 66.2 cm³/mol. The smallest absolute Gasteiger partial charge is 0.0666 e. The van der Waals surface area contributed by atoms with E-state index in [9.17, 15) is 0 Å². The van der Waals surface area contributed by atoms with Crippen molar-refractivity contribution in [2.45, 2.75) is 52.6 Å². The maximum absolute atomic E-state index is 4.46. The fraction of sp³-hybridized carbons (Fsp3) is 0.769. The van der Waals surface area contributed by atoms with Crippen molar-refractivity contribution < 1.29 is 0 Å². The molecule has 90 valence electrons. The molecule has 0 radical (unpaired) electrons. The first-order valence-corrected chi connectivity index (χ1v) is 6.30. The first-order valence-electron chi connectivity index (χ1n) is 6.30. The maximum Gasteiger partial charge on any atom is 0.0666 e. The van der Waals surface area contributed by atoms with Crippen LogP contribution in [0.5, 0.6) is 0 Å². The highest BCUT2D eigenvalue weighted by Gasteiger charge is 2.42. The van der Waals surface area contributed by atoms with Gasteiger partial charge in [-0.05, 0) is 31.6 Å². The molecule has 0 spiro atoms. The van der Waals surface area contributed by atoms with Crippen LogP contribution in [0.1, 0.15) is 44.9 Å². The van der Waals surface area contributed by atoms with Crippen molar-refractivity contribution in [2.75, 3.05) is 0 Å². The van der Waals surface area contributed by atoms with Crippen LogP contribution in [0.3, 0.4) is 0 Å². The highest BCUT2D eigenvalue weighted by molar-refractivity contribution is 5.17. The second-order valence-electron chi connectivity index (χ2n) is 5.38. The molecule has 1 aliphatic carbocycles. The molecule has 2 rings (SSSR count). The van der Waals surface area contributed by atoms with Gasteiger partial charge in [0.05, 0.1) is 5.69 Å². The molecule has 1 saturated carbocycles. The summed E-state index contributed by atoms with van der Waals surface area (Å²) >= 11 is 0. The molecule has 0 amide bonds. The normalized spacial score (nSPS) is 19.8. The Morgan fingerprint density at radius 2 is 2.25 bits per heavy atom. The third kappa shape index (κ3) is 2.29. The lowest BCUT2D eigenvalue weighted by Gasteiger charge is -2.20. The van der Waals surface area contributed by atoms with E-state index in [0.717, 1.165) is 13.0 Å². The molecule has 1 N–H and O–H groups in total. The minimum atomic E-state index is 0.550. The Balaban J connectivity index is 1.93. The van der Waals surface area contributed by atoms with Crippen molar-refractivity contribution >= 4 is 0 Å². The van der Waals surface area contributed by atoms with Gasteiger partial charge in [0.1, 0.15) is 0 Å². The van der Waals surface area contributed by atoms with E-state index in [1.54, 1.807) is 0 Å². The van der Waals surface area contributed by atoms with Crippen LogP contribution in [0.15, 0.2) is 6.20 Å². The van der Waals surface area contributed by atoms with Crippen molar-refractivity contribution in [3.05, 3.63) is 17.5 Å². The summed E-state index contributed by atoms with van der Waals surface area (Å²) in [5.41, 5.74) is 3.12. The van der Waals surface area contributed by atoms with E-state index in [4.69, 9.17) is 0 Å². The standard InChI is InChI=1S/C13H23N3/c1-5-12-11(9-16(4)15-12)8-14-10(2)13(3)6-7-13/h9-10,14H,5-8H2,1-4H3. The zero-order chi connectivity index (χ0) is 11.8. The third-order valence-electron chi connectivity index (χ3n) is 4.01. The molecule has 1 unspecified atom stereocenters. The summed E-state index contributed by atoms with van der Waals surface area (Å²) in [6.07, 6.45) is 5.89. The van der Waals surface area contributed by atoms with Gasteiger partial charge >= 0.3 is 0 Å². The molecule has 3 heteroatoms. The van der Waals surface area contributed by atoms with Gasteiger partial charge in [0, 0.05) is 31.4 Å². The Morgan fingerprint density at radius 3 is 2.81 bits per heavy atom. The van der Waals surface area contributed by atoms with Crippen LogP contribution in [0.25, 0.3) is 0 Å². The molecule has 1 atom stereocenters. The molecule has 1 aromatic heterocycles. The molecule has 0 aromatic carbocycles. The molecule has 1 heterocycles. The van der Waals surface area contributed by atoms with E-state index in [1.807, 2.05) is 11.7 Å². The topological polar surface area (TPSA) is 29.9 Å². The predicted octanol–water partition coefficient (Wildman–Crippen LogP) is 2.26. The van der Waals surface area contributed by atoms with Gasteiger partial charge in [-0.3, -0.25) is 4.68 Å². The molecule has 0 saturated heterocycles. The van der Waals surface area contributed by atoms with E-state index in [2.05, 4.69) is 37.4 Å². The van der Waals surface area contributed by atoms with E-state index < -0.39 is 0 Å². The van der Waals surface area contributed by atoms with Crippen molar-refractivity contribution in [3.63, 3.8) is 0 Å². The van der Waals surface area contributed by atoms with E-state index in [0.29, 0.717) is 11.5 Å². The Bertz CT molecular complexity index is 363. The minimum Gasteiger partial charge on any atom is -0.310 e. The largest absolute Gasteiger partial charge is 0.310 e. The van der Waals surface area contributed by atoms with Gasteiger partial charge in [0.2, 0.25) is 0 Å². The second-order valence-corrected chi connectivity index (χ2v) is 5.38. The highest BCUT2D eigenvalue weighted by Crippen LogP contribution is 2.47. The monoisotopic (exact) mass is 221 g/mol. The lowest BCUT2D eigenvalue weighted by molar-refractivity contribution is 0.379. The molecule has 16 heavy (non-hydrogen) atoms. The molecule has 1 fully saturated rings. The Hall–Kier alpha value is -0.830. The number of nitrogens with zero attached hydrogens (tertiary/aromatic N) is 2. The SMILES string of the molecule is CCc1nn(C)cc1CNC(C)C1(C)CC1. The molecule has 3 nitrogen and oxygen atoms in total. The molecule has 1 aromatic rings. The molecular weight excluding hydrogens is 198 g/mol. The first-order chi connectivity index (χ1) is 7.55. The number of hydrogen-bond donors (Lipinski definition) is 1. The van der Waals surface area contributed by atoms with Crippen LogP contribution < -0.4 is 5.32 Å². The van der Waals surface area contributed by atoms with Crippen LogP contribution in [0.2, 0.25) is 0 Å². The molecule has 1 aliphatic rings. The van der Waals surface area contributed by atoms with Crippen LogP contribution in [0.4, 0.5) is 0 Å². The summed E-state index contributed by atoms with van der Waals surface area (Å²) in [5, 5.41) is 8.10. The van der Waals surface area contributed by atoms with Crippen molar-refractivity contribution in [1.29, 1.82) is 0 Å². The van der Waals surface area contributed by atoms with Gasteiger partial charge in [0.15, 0.2) is 0 Å². The fourth-order valence-corrected chi connectivity index (χ4v) is 2.17. The van der Waals surface area contributed by atoms with Crippen molar-refractivity contribution in [1.82, 2.24) is 15.1 Å². The number of nitrogens with one attached hydrogen (secondary N) is 1. The summed E-state index contributed by atoms with van der Waals surface area (Å²) in [4.78, 5) is 0. The Kier molecular flexibility index (Phi) is 3.06. The van der Waals surface area contributed by atoms with E-state index in [1.165, 1.54) is 24.1 Å². The quantitative estimate of drug-likeness (QED) is 0.826. The lowest BCUT2D eigenvalue weighted by atomic mass is 10.0. The van der Waals surface area contributed by atoms with E-state index in [-0.39, 0.29) is 0 Å². The first kappa shape index (κ1) is 11.6. The van der Waals surface area contributed by atoms with Crippen molar-refractivity contribution in [2.24, 2.45) is 12.5 Å². The number of aromatic nitrogens is 2. The average molecular weight is 221 g/mol. The Morgan fingerprint density at radius 1 is 1.56 bits per heavy atom. The van der Waals surface area contributed by atoms with Crippen LogP contribution in [-0.4, -0.2) is 15.8 Å². The van der Waals surface area contributed by atoms with Crippen LogP contribution >= 0.6 is 0 Å². The maximum atomic E-state index is 4.46. The van der Waals surface area contributed by atoms with Gasteiger partial charge in [-0.2, -0.15) is 5.10 Å². The Labute approximate surface area is 98.2 Å². The summed E-state index contributed by atoms with van der Waals surface area (Å²) in [6.45, 7) is 7.79. The fourth-order valence-electron chi connectivity index (χ4n) is 2.17. The summed E-state index contributed by atoms with van der Waals surface area (Å²) in [7, 11) is 1.99. The second kappa shape index (κ2) is 4.21. The lowest BCUT2D eigenvalue weighted by Crippen LogP contribution is -2.32. The zero-order valence-electron chi connectivity index (χ0n) is 10.9. The van der Waals surface area contributed by atoms with Gasteiger partial charge < -0.3 is 5.32 Å². The van der Waals surface area contributed by atoms with Crippen LogP contribution in [0, 0.1) is 5.41 Å². The number of hydrogen-bond acceptors (Lipinski definition) is 2. The van der Waals surface area contributed by atoms with Gasteiger partial charge in [-0.1, -0.05) is 13.8 Å². The highest BCUT2D eigenvalue weighted by atomic mass is 15.3. The molecular formula is C13H23N3. The van der Waals surface area contributed by atoms with Crippen molar-refractivity contribution in [3.8, 4) is 0 Å². The molecule has 0 bridgehead atoms. The van der Waals surface area contributed by atoms with E-state index >= 15 is 0 Å². The summed E-state index contributed by atoms with van der Waals surface area (Å²) in [6, 6.07) is 0.609. The number of aryl methyl sites for hydroxylation is 2.